The van der Waals surface area contributed by atoms with Crippen molar-refractivity contribution < 1.29 is 4.79 Å². The third kappa shape index (κ3) is 8.04. The molecule has 0 spiro atoms. The molecular formula is C20H34IN5O. The zero-order valence-corrected chi connectivity index (χ0v) is 19.3. The summed E-state index contributed by atoms with van der Waals surface area (Å²) in [5, 5.41) is 3.48. The molecule has 0 aromatic heterocycles. The van der Waals surface area contributed by atoms with Crippen LogP contribution in [0.4, 0.5) is 0 Å². The van der Waals surface area contributed by atoms with E-state index in [9.17, 15) is 4.79 Å². The minimum Gasteiger partial charge on any atom is -0.354 e. The van der Waals surface area contributed by atoms with Gasteiger partial charge in [-0.15, -0.1) is 24.0 Å². The number of piperazine rings is 1. The standard InChI is InChI=1S/C20H33N5O.HI/c1-5-17(2)22-20(21-15-19(26)23(3)4)25-13-11-24(12-14-25)16-18-9-7-6-8-10-18;/h6-10,17H,5,11-16H2,1-4H3,(H,21,22);1H. The van der Waals surface area contributed by atoms with E-state index in [4.69, 9.17) is 0 Å². The van der Waals surface area contributed by atoms with E-state index in [0.29, 0.717) is 6.04 Å². The van der Waals surface area contributed by atoms with Crippen LogP contribution in [0.1, 0.15) is 25.8 Å². The van der Waals surface area contributed by atoms with Gasteiger partial charge < -0.3 is 15.1 Å². The summed E-state index contributed by atoms with van der Waals surface area (Å²) >= 11 is 0. The number of guanidine groups is 1. The molecule has 6 nitrogen and oxygen atoms in total. The Morgan fingerprint density at radius 3 is 2.37 bits per heavy atom. The second kappa shape index (κ2) is 12.2. The first-order valence-corrected chi connectivity index (χ1v) is 9.52. The summed E-state index contributed by atoms with van der Waals surface area (Å²) in [7, 11) is 3.53. The van der Waals surface area contributed by atoms with E-state index in [0.717, 1.165) is 45.1 Å². The number of hydrogen-bond donors (Lipinski definition) is 1. The molecule has 27 heavy (non-hydrogen) atoms. The number of halogens is 1. The van der Waals surface area contributed by atoms with Crippen molar-refractivity contribution in [2.75, 3.05) is 46.8 Å². The fourth-order valence-corrected chi connectivity index (χ4v) is 2.80. The van der Waals surface area contributed by atoms with Gasteiger partial charge in [-0.3, -0.25) is 9.69 Å². The molecule has 0 saturated carbocycles. The van der Waals surface area contributed by atoms with Crippen molar-refractivity contribution in [2.24, 2.45) is 4.99 Å². The third-order valence-electron chi connectivity index (χ3n) is 4.77. The van der Waals surface area contributed by atoms with Gasteiger partial charge >= 0.3 is 0 Å². The lowest BCUT2D eigenvalue weighted by Gasteiger charge is -2.37. The predicted molar refractivity (Wildman–Crippen MR) is 123 cm³/mol. The number of nitrogens with zero attached hydrogens (tertiary/aromatic N) is 4. The Bertz CT molecular complexity index is 585. The van der Waals surface area contributed by atoms with Gasteiger partial charge in [0, 0.05) is 52.9 Å². The molecule has 0 radical (unpaired) electrons. The molecule has 1 saturated heterocycles. The van der Waals surface area contributed by atoms with Crippen molar-refractivity contribution in [1.82, 2.24) is 20.0 Å². The number of hydrogen-bond acceptors (Lipinski definition) is 3. The number of likely N-dealkylation sites (N-methyl/N-ethyl adjacent to an activating group) is 1. The van der Waals surface area contributed by atoms with Crippen molar-refractivity contribution in [2.45, 2.75) is 32.9 Å². The number of aliphatic imine (C=N–C) groups is 1. The van der Waals surface area contributed by atoms with Crippen LogP contribution in [0.15, 0.2) is 35.3 Å². The molecule has 152 valence electrons. The number of benzene rings is 1. The van der Waals surface area contributed by atoms with E-state index in [1.165, 1.54) is 5.56 Å². The molecular weight excluding hydrogens is 453 g/mol. The summed E-state index contributed by atoms with van der Waals surface area (Å²) in [5.41, 5.74) is 1.35. The minimum atomic E-state index is 0. The van der Waals surface area contributed by atoms with Crippen LogP contribution in [-0.4, -0.2) is 79.4 Å². The number of amides is 1. The monoisotopic (exact) mass is 487 g/mol. The lowest BCUT2D eigenvalue weighted by Crippen LogP contribution is -2.53. The topological polar surface area (TPSA) is 51.2 Å². The number of rotatable bonds is 6. The number of carbonyl (C=O) groups is 1. The van der Waals surface area contributed by atoms with Gasteiger partial charge in [0.1, 0.15) is 6.54 Å². The first-order valence-electron chi connectivity index (χ1n) is 9.52. The van der Waals surface area contributed by atoms with E-state index >= 15 is 0 Å². The lowest BCUT2D eigenvalue weighted by molar-refractivity contribution is -0.127. The van der Waals surface area contributed by atoms with Gasteiger partial charge in [0.25, 0.3) is 0 Å². The summed E-state index contributed by atoms with van der Waals surface area (Å²) in [5.74, 6) is 0.880. The van der Waals surface area contributed by atoms with Gasteiger partial charge in [-0.1, -0.05) is 37.3 Å². The van der Waals surface area contributed by atoms with Gasteiger partial charge in [0.05, 0.1) is 0 Å². The molecule has 1 fully saturated rings. The van der Waals surface area contributed by atoms with E-state index in [-0.39, 0.29) is 36.4 Å². The lowest BCUT2D eigenvalue weighted by atomic mass is 10.2. The molecule has 1 aliphatic heterocycles. The highest BCUT2D eigenvalue weighted by Crippen LogP contribution is 2.09. The second-order valence-corrected chi connectivity index (χ2v) is 7.13. The van der Waals surface area contributed by atoms with Crippen LogP contribution in [0, 0.1) is 0 Å². The average molecular weight is 487 g/mol. The highest BCUT2D eigenvalue weighted by Gasteiger charge is 2.21. The molecule has 1 amide bonds. The van der Waals surface area contributed by atoms with Crippen molar-refractivity contribution in [3.63, 3.8) is 0 Å². The smallest absolute Gasteiger partial charge is 0.243 e. The van der Waals surface area contributed by atoms with Crippen molar-refractivity contribution in [3.05, 3.63) is 35.9 Å². The zero-order valence-electron chi connectivity index (χ0n) is 17.0. The second-order valence-electron chi connectivity index (χ2n) is 7.13. The van der Waals surface area contributed by atoms with Gasteiger partial charge in [0.2, 0.25) is 5.91 Å². The first-order chi connectivity index (χ1) is 12.5. The summed E-state index contributed by atoms with van der Waals surface area (Å²) in [6.45, 7) is 9.31. The Balaban J connectivity index is 0.00000364. The maximum absolute atomic E-state index is 11.9. The Labute approximate surface area is 181 Å². The normalized spacial score (nSPS) is 16.4. The molecule has 1 N–H and O–H groups in total. The predicted octanol–water partition coefficient (Wildman–Crippen LogP) is 2.25. The van der Waals surface area contributed by atoms with Crippen LogP contribution in [0.2, 0.25) is 0 Å². The fraction of sp³-hybridized carbons (Fsp3) is 0.600. The van der Waals surface area contributed by atoms with Crippen LogP contribution in [0.25, 0.3) is 0 Å². The molecule has 7 heteroatoms. The molecule has 1 unspecified atom stereocenters. The van der Waals surface area contributed by atoms with Crippen LogP contribution >= 0.6 is 24.0 Å². The number of carbonyl (C=O) groups excluding carboxylic acids is 1. The van der Waals surface area contributed by atoms with E-state index < -0.39 is 0 Å². The molecule has 1 heterocycles. The Morgan fingerprint density at radius 2 is 1.81 bits per heavy atom. The summed E-state index contributed by atoms with van der Waals surface area (Å²) in [6.07, 6.45) is 1.02. The molecule has 1 aromatic rings. The average Bonchev–Trinajstić information content (AvgIpc) is 2.66. The van der Waals surface area contributed by atoms with Crippen molar-refractivity contribution in [3.8, 4) is 0 Å². The largest absolute Gasteiger partial charge is 0.354 e. The minimum absolute atomic E-state index is 0. The van der Waals surface area contributed by atoms with E-state index in [1.807, 2.05) is 0 Å². The van der Waals surface area contributed by atoms with Gasteiger partial charge in [-0.05, 0) is 18.9 Å². The van der Waals surface area contributed by atoms with Crippen molar-refractivity contribution >= 4 is 35.8 Å². The van der Waals surface area contributed by atoms with Crippen LogP contribution in [0.5, 0.6) is 0 Å². The zero-order chi connectivity index (χ0) is 18.9. The highest BCUT2D eigenvalue weighted by molar-refractivity contribution is 14.0. The molecule has 0 aliphatic carbocycles. The Kier molecular flexibility index (Phi) is 10.7. The summed E-state index contributed by atoms with van der Waals surface area (Å²) in [4.78, 5) is 22.8. The third-order valence-corrected chi connectivity index (χ3v) is 4.77. The van der Waals surface area contributed by atoms with E-state index in [2.05, 4.69) is 64.3 Å². The fourth-order valence-electron chi connectivity index (χ4n) is 2.80. The quantitative estimate of drug-likeness (QED) is 0.380. The summed E-state index contributed by atoms with van der Waals surface area (Å²) < 4.78 is 0. The van der Waals surface area contributed by atoms with Gasteiger partial charge in [-0.25, -0.2) is 4.99 Å². The van der Waals surface area contributed by atoms with Crippen LogP contribution in [0.3, 0.4) is 0 Å². The van der Waals surface area contributed by atoms with Crippen LogP contribution < -0.4 is 5.32 Å². The highest BCUT2D eigenvalue weighted by atomic mass is 127. The molecule has 1 aliphatic rings. The molecule has 2 rings (SSSR count). The SMILES string of the molecule is CCC(C)NC(=NCC(=O)N(C)C)N1CCN(Cc2ccccc2)CC1.I. The van der Waals surface area contributed by atoms with Crippen LogP contribution in [-0.2, 0) is 11.3 Å². The van der Waals surface area contributed by atoms with Crippen molar-refractivity contribution in [1.29, 1.82) is 0 Å². The van der Waals surface area contributed by atoms with Gasteiger partial charge in [-0.2, -0.15) is 0 Å². The maximum atomic E-state index is 11.9. The molecule has 1 atom stereocenters. The van der Waals surface area contributed by atoms with Gasteiger partial charge in [0.15, 0.2) is 5.96 Å². The first kappa shape index (κ1) is 23.7. The maximum Gasteiger partial charge on any atom is 0.243 e. The van der Waals surface area contributed by atoms with E-state index in [1.54, 1.807) is 19.0 Å². The Hall–Kier alpha value is -1.35. The number of nitrogens with one attached hydrogen (secondary N) is 1. The molecule has 0 bridgehead atoms. The molecule has 1 aromatic carbocycles. The Morgan fingerprint density at radius 1 is 1.19 bits per heavy atom. The summed E-state index contributed by atoms with van der Waals surface area (Å²) in [6, 6.07) is 10.9.